The van der Waals surface area contributed by atoms with Crippen LogP contribution in [-0.2, 0) is 5.41 Å². The molecule has 0 bridgehead atoms. The van der Waals surface area contributed by atoms with Crippen LogP contribution in [0.2, 0.25) is 0 Å². The normalized spacial score (nSPS) is 12.2. The molecule has 4 heteroatoms. The summed E-state index contributed by atoms with van der Waals surface area (Å²) in [6.45, 7) is 6.73. The highest BCUT2D eigenvalue weighted by Gasteiger charge is 2.21. The van der Waals surface area contributed by atoms with Gasteiger partial charge in [-0.1, -0.05) is 45.0 Å². The van der Waals surface area contributed by atoms with Crippen LogP contribution in [0.5, 0.6) is 0 Å². The van der Waals surface area contributed by atoms with E-state index >= 15 is 0 Å². The van der Waals surface area contributed by atoms with Crippen molar-refractivity contribution in [3.8, 4) is 22.7 Å². The summed E-state index contributed by atoms with van der Waals surface area (Å²) < 4.78 is 12.0. The molecule has 0 aliphatic carbocycles. The molecule has 0 spiro atoms. The van der Waals surface area contributed by atoms with Crippen molar-refractivity contribution in [3.63, 3.8) is 0 Å². The number of hydrogen-bond acceptors (Lipinski definition) is 4. The molecule has 2 aromatic carbocycles. The molecule has 32 heavy (non-hydrogen) atoms. The maximum atomic E-state index is 6.37. The van der Waals surface area contributed by atoms with Crippen molar-refractivity contribution in [2.45, 2.75) is 26.2 Å². The van der Waals surface area contributed by atoms with Gasteiger partial charge in [0.25, 0.3) is 0 Å². The predicted molar refractivity (Wildman–Crippen MR) is 129 cm³/mol. The van der Waals surface area contributed by atoms with Crippen molar-refractivity contribution in [2.24, 2.45) is 0 Å². The fourth-order valence-electron chi connectivity index (χ4n) is 4.42. The topological polar surface area (TPSA) is 52.1 Å². The Kier molecular flexibility index (Phi) is 3.99. The van der Waals surface area contributed by atoms with E-state index in [0.29, 0.717) is 11.5 Å². The quantitative estimate of drug-likeness (QED) is 0.288. The Morgan fingerprint density at radius 2 is 1.50 bits per heavy atom. The smallest absolute Gasteiger partial charge is 0.163 e. The van der Waals surface area contributed by atoms with Crippen LogP contribution in [0, 0.1) is 0 Å². The van der Waals surface area contributed by atoms with E-state index in [0.717, 1.165) is 33.2 Å². The largest absolute Gasteiger partial charge is 0.462 e. The molecule has 0 atom stereocenters. The SMILES string of the molecule is CC(C)(C)c1cc(-c2nccc3cc(-c4nccc5ccoc45)oc23)cc2ccccc12. The molecule has 4 aromatic heterocycles. The highest BCUT2D eigenvalue weighted by atomic mass is 16.3. The van der Waals surface area contributed by atoms with E-state index in [2.05, 4.69) is 62.2 Å². The number of aromatic nitrogens is 2. The van der Waals surface area contributed by atoms with Crippen LogP contribution in [0.15, 0.2) is 88.2 Å². The van der Waals surface area contributed by atoms with Crippen molar-refractivity contribution >= 4 is 32.7 Å². The van der Waals surface area contributed by atoms with Crippen LogP contribution >= 0.6 is 0 Å². The summed E-state index contributed by atoms with van der Waals surface area (Å²) >= 11 is 0. The van der Waals surface area contributed by atoms with Gasteiger partial charge in [-0.2, -0.15) is 0 Å². The molecule has 0 N–H and O–H groups in total. The summed E-state index contributed by atoms with van der Waals surface area (Å²) in [5, 5.41) is 4.45. The lowest BCUT2D eigenvalue weighted by Gasteiger charge is -2.22. The van der Waals surface area contributed by atoms with Gasteiger partial charge in [-0.05, 0) is 58.1 Å². The van der Waals surface area contributed by atoms with Gasteiger partial charge in [0.15, 0.2) is 16.9 Å². The lowest BCUT2D eigenvalue weighted by molar-refractivity contribution is 0.596. The van der Waals surface area contributed by atoms with E-state index in [4.69, 9.17) is 13.8 Å². The summed E-state index contributed by atoms with van der Waals surface area (Å²) in [5.74, 6) is 0.673. The summed E-state index contributed by atoms with van der Waals surface area (Å²) in [6.07, 6.45) is 5.29. The zero-order chi connectivity index (χ0) is 21.9. The Morgan fingerprint density at radius 3 is 2.34 bits per heavy atom. The molecule has 0 saturated heterocycles. The van der Waals surface area contributed by atoms with Gasteiger partial charge < -0.3 is 8.83 Å². The van der Waals surface area contributed by atoms with E-state index in [-0.39, 0.29) is 5.41 Å². The number of hydrogen-bond donors (Lipinski definition) is 0. The van der Waals surface area contributed by atoms with Crippen molar-refractivity contribution in [1.29, 1.82) is 0 Å². The molecular formula is C28H22N2O2. The summed E-state index contributed by atoms with van der Waals surface area (Å²) in [4.78, 5) is 9.26. The van der Waals surface area contributed by atoms with Crippen molar-refractivity contribution in [1.82, 2.24) is 9.97 Å². The van der Waals surface area contributed by atoms with Crippen LogP contribution in [-0.4, -0.2) is 9.97 Å². The Hall–Kier alpha value is -3.92. The Morgan fingerprint density at radius 1 is 0.719 bits per heavy atom. The maximum Gasteiger partial charge on any atom is 0.163 e. The van der Waals surface area contributed by atoms with Crippen molar-refractivity contribution in [2.75, 3.05) is 0 Å². The predicted octanol–water partition coefficient (Wildman–Crippen LogP) is 7.75. The third kappa shape index (κ3) is 2.91. The van der Waals surface area contributed by atoms with E-state index in [1.807, 2.05) is 30.5 Å². The zero-order valence-electron chi connectivity index (χ0n) is 18.2. The highest BCUT2D eigenvalue weighted by Crippen LogP contribution is 2.38. The number of furan rings is 2. The molecule has 0 fully saturated rings. The number of rotatable bonds is 2. The second-order valence-electron chi connectivity index (χ2n) is 9.18. The average molecular weight is 418 g/mol. The average Bonchev–Trinajstić information content (AvgIpc) is 3.44. The molecule has 0 aliphatic rings. The lowest BCUT2D eigenvalue weighted by Crippen LogP contribution is -2.12. The number of nitrogens with zero attached hydrogens (tertiary/aromatic N) is 2. The van der Waals surface area contributed by atoms with Crippen LogP contribution in [0.4, 0.5) is 0 Å². The van der Waals surface area contributed by atoms with E-state index in [1.54, 1.807) is 12.5 Å². The third-order valence-electron chi connectivity index (χ3n) is 5.98. The first-order valence-electron chi connectivity index (χ1n) is 10.7. The Bertz CT molecular complexity index is 1620. The fourth-order valence-corrected chi connectivity index (χ4v) is 4.42. The molecule has 0 saturated carbocycles. The van der Waals surface area contributed by atoms with Crippen LogP contribution in [0.3, 0.4) is 0 Å². The minimum absolute atomic E-state index is 0.00329. The van der Waals surface area contributed by atoms with Gasteiger partial charge in [0.05, 0.1) is 6.26 Å². The van der Waals surface area contributed by atoms with Gasteiger partial charge >= 0.3 is 0 Å². The number of benzene rings is 2. The molecule has 0 radical (unpaired) electrons. The van der Waals surface area contributed by atoms with E-state index < -0.39 is 0 Å². The number of fused-ring (bicyclic) bond motifs is 3. The monoisotopic (exact) mass is 418 g/mol. The molecule has 156 valence electrons. The second-order valence-corrected chi connectivity index (χ2v) is 9.18. The summed E-state index contributed by atoms with van der Waals surface area (Å²) in [7, 11) is 0. The van der Waals surface area contributed by atoms with Crippen molar-refractivity contribution in [3.05, 3.63) is 84.9 Å². The molecule has 0 unspecified atom stereocenters. The van der Waals surface area contributed by atoms with Crippen LogP contribution < -0.4 is 0 Å². The highest BCUT2D eigenvalue weighted by molar-refractivity contribution is 5.98. The molecule has 6 rings (SSSR count). The number of pyridine rings is 2. The molecule has 4 nitrogen and oxygen atoms in total. The second kappa shape index (κ2) is 6.79. The van der Waals surface area contributed by atoms with Gasteiger partial charge in [0.2, 0.25) is 0 Å². The maximum absolute atomic E-state index is 6.37. The van der Waals surface area contributed by atoms with Crippen LogP contribution in [0.1, 0.15) is 26.3 Å². The Balaban J connectivity index is 1.60. The molecule has 4 heterocycles. The fraction of sp³-hybridized carbons (Fsp3) is 0.143. The van der Waals surface area contributed by atoms with Gasteiger partial charge in [0, 0.05) is 28.7 Å². The van der Waals surface area contributed by atoms with Gasteiger partial charge in [-0.15, -0.1) is 0 Å². The lowest BCUT2D eigenvalue weighted by atomic mass is 9.82. The van der Waals surface area contributed by atoms with Gasteiger partial charge in [-0.25, -0.2) is 4.98 Å². The molecular weight excluding hydrogens is 396 g/mol. The first-order valence-corrected chi connectivity index (χ1v) is 10.7. The minimum Gasteiger partial charge on any atom is -0.462 e. The van der Waals surface area contributed by atoms with Gasteiger partial charge in [-0.3, -0.25) is 4.98 Å². The third-order valence-corrected chi connectivity index (χ3v) is 5.98. The first-order chi connectivity index (χ1) is 15.5. The summed E-state index contributed by atoms with van der Waals surface area (Å²) in [6, 6.07) is 20.8. The minimum atomic E-state index is -0.00329. The van der Waals surface area contributed by atoms with E-state index in [1.165, 1.54) is 16.3 Å². The molecule has 6 aromatic rings. The van der Waals surface area contributed by atoms with Crippen LogP contribution in [0.25, 0.3) is 55.4 Å². The molecule has 0 amide bonds. The Labute approximate surface area is 185 Å². The van der Waals surface area contributed by atoms with E-state index in [9.17, 15) is 0 Å². The first kappa shape index (κ1) is 18.8. The van der Waals surface area contributed by atoms with Gasteiger partial charge in [0.1, 0.15) is 11.4 Å². The zero-order valence-corrected chi connectivity index (χ0v) is 18.2. The molecule has 0 aliphatic heterocycles. The van der Waals surface area contributed by atoms with Crippen molar-refractivity contribution < 1.29 is 8.83 Å². The summed E-state index contributed by atoms with van der Waals surface area (Å²) in [5.41, 5.74) is 5.34. The standard InChI is InChI=1S/C28H22N2O2/c1-28(2,3)22-15-20(14-18-6-4-5-7-21(18)22)24-27-19(9-12-29-24)16-23(32-27)25-26-17(8-11-30-25)10-13-31-26/h4-16H,1-3H3.